The van der Waals surface area contributed by atoms with Crippen molar-refractivity contribution >= 4 is 11.7 Å². The van der Waals surface area contributed by atoms with Gasteiger partial charge in [-0.2, -0.15) is 0 Å². The normalized spacial score (nSPS) is 9.27. The number of benzene rings is 1. The summed E-state index contributed by atoms with van der Waals surface area (Å²) in [5.74, 6) is 0. The minimum atomic E-state index is -0.222. The zero-order valence-electron chi connectivity index (χ0n) is 9.29. The summed E-state index contributed by atoms with van der Waals surface area (Å²) in [6.07, 6.45) is 1.67. The molecule has 0 radical (unpaired) electrons. The number of rotatable bonds is 2. The third kappa shape index (κ3) is 4.31. The number of nitrogens with one attached hydrogen (secondary N) is 2. The number of amides is 2. The van der Waals surface area contributed by atoms with E-state index in [4.69, 9.17) is 0 Å². The van der Waals surface area contributed by atoms with E-state index < -0.39 is 0 Å². The molecule has 1 aromatic rings. The lowest BCUT2D eigenvalue weighted by atomic mass is 10.2. The highest BCUT2D eigenvalue weighted by Gasteiger charge is 1.97. The Morgan fingerprint density at radius 1 is 1.20 bits per heavy atom. The number of carbonyl (C=O) groups is 1. The van der Waals surface area contributed by atoms with Gasteiger partial charge in [0.05, 0.1) is 0 Å². The molecule has 3 nitrogen and oxygen atoms in total. The fraction of sp³-hybridized carbons (Fsp3) is 0.250. The Kier molecular flexibility index (Phi) is 3.92. The molecule has 1 rings (SSSR count). The van der Waals surface area contributed by atoms with Gasteiger partial charge in [0.15, 0.2) is 0 Å². The van der Waals surface area contributed by atoms with Gasteiger partial charge in [-0.25, -0.2) is 4.79 Å². The van der Waals surface area contributed by atoms with Crippen LogP contribution in [0.2, 0.25) is 0 Å². The van der Waals surface area contributed by atoms with Crippen molar-refractivity contribution in [1.82, 2.24) is 5.32 Å². The number of urea groups is 1. The Hall–Kier alpha value is -1.77. The van der Waals surface area contributed by atoms with Crippen LogP contribution >= 0.6 is 0 Å². The number of anilines is 1. The minimum Gasteiger partial charge on any atom is -0.314 e. The molecular weight excluding hydrogens is 188 g/mol. The van der Waals surface area contributed by atoms with Gasteiger partial charge in [0, 0.05) is 11.9 Å². The zero-order chi connectivity index (χ0) is 11.3. The van der Waals surface area contributed by atoms with Gasteiger partial charge >= 0.3 is 6.03 Å². The number of hydrogen-bond donors (Lipinski definition) is 2. The summed E-state index contributed by atoms with van der Waals surface area (Å²) in [5, 5.41) is 5.36. The Labute approximate surface area is 90.2 Å². The monoisotopic (exact) mass is 204 g/mol. The van der Waals surface area contributed by atoms with Crippen molar-refractivity contribution < 1.29 is 4.79 Å². The summed E-state index contributed by atoms with van der Waals surface area (Å²) in [6.45, 7) is 5.85. The van der Waals surface area contributed by atoms with Crippen LogP contribution in [-0.4, -0.2) is 6.03 Å². The van der Waals surface area contributed by atoms with Crippen LogP contribution in [-0.2, 0) is 0 Å². The van der Waals surface area contributed by atoms with Crippen LogP contribution in [0.5, 0.6) is 0 Å². The molecule has 0 atom stereocenters. The first-order valence-electron chi connectivity index (χ1n) is 4.85. The van der Waals surface area contributed by atoms with E-state index >= 15 is 0 Å². The van der Waals surface area contributed by atoms with Gasteiger partial charge in [0.25, 0.3) is 0 Å². The maximum atomic E-state index is 11.3. The first-order chi connectivity index (χ1) is 7.08. The molecule has 0 unspecified atom stereocenters. The predicted molar refractivity (Wildman–Crippen MR) is 62.8 cm³/mol. The molecule has 0 fully saturated rings. The summed E-state index contributed by atoms with van der Waals surface area (Å²) in [7, 11) is 0. The van der Waals surface area contributed by atoms with Crippen LogP contribution in [0, 0.1) is 6.92 Å². The fourth-order valence-electron chi connectivity index (χ4n) is 1.01. The van der Waals surface area contributed by atoms with Gasteiger partial charge in [-0.15, -0.1) is 0 Å². The SMILES string of the molecule is CC(C)=CNC(=O)Nc1ccc(C)cc1. The fourth-order valence-corrected chi connectivity index (χ4v) is 1.01. The molecule has 0 saturated heterocycles. The Balaban J connectivity index is 2.51. The second-order valence-electron chi connectivity index (χ2n) is 3.69. The highest BCUT2D eigenvalue weighted by molar-refractivity contribution is 5.89. The van der Waals surface area contributed by atoms with Crippen LogP contribution < -0.4 is 10.6 Å². The highest BCUT2D eigenvalue weighted by atomic mass is 16.2. The maximum absolute atomic E-state index is 11.3. The summed E-state index contributed by atoms with van der Waals surface area (Å²) in [4.78, 5) is 11.3. The molecule has 0 bridgehead atoms. The lowest BCUT2D eigenvalue weighted by Gasteiger charge is -2.04. The van der Waals surface area contributed by atoms with Crippen molar-refractivity contribution in [3.63, 3.8) is 0 Å². The van der Waals surface area contributed by atoms with Crippen LogP contribution in [0.15, 0.2) is 36.0 Å². The standard InChI is InChI=1S/C12H16N2O/c1-9(2)8-13-12(15)14-11-6-4-10(3)5-7-11/h4-8H,1-3H3,(H2,13,14,15). The minimum absolute atomic E-state index is 0.222. The third-order valence-corrected chi connectivity index (χ3v) is 1.80. The van der Waals surface area contributed by atoms with E-state index in [0.717, 1.165) is 11.3 Å². The largest absolute Gasteiger partial charge is 0.323 e. The molecule has 0 spiro atoms. The molecule has 0 heterocycles. The Morgan fingerprint density at radius 3 is 2.33 bits per heavy atom. The lowest BCUT2D eigenvalue weighted by Crippen LogP contribution is -2.24. The quantitative estimate of drug-likeness (QED) is 0.763. The molecular formula is C12H16N2O. The first kappa shape index (κ1) is 11.3. The molecule has 1 aromatic carbocycles. The number of carbonyl (C=O) groups excluding carboxylic acids is 1. The second kappa shape index (κ2) is 5.20. The van der Waals surface area contributed by atoms with Crippen LogP contribution in [0.3, 0.4) is 0 Å². The molecule has 0 aliphatic rings. The van der Waals surface area contributed by atoms with Gasteiger partial charge < -0.3 is 10.6 Å². The van der Waals surface area contributed by atoms with Crippen LogP contribution in [0.4, 0.5) is 10.5 Å². The van der Waals surface area contributed by atoms with Gasteiger partial charge in [0.2, 0.25) is 0 Å². The molecule has 15 heavy (non-hydrogen) atoms. The smallest absolute Gasteiger partial charge is 0.314 e. The molecule has 2 N–H and O–H groups in total. The summed E-state index contributed by atoms with van der Waals surface area (Å²) >= 11 is 0. The number of hydrogen-bond acceptors (Lipinski definition) is 1. The number of allylic oxidation sites excluding steroid dienone is 1. The van der Waals surface area contributed by atoms with E-state index in [1.807, 2.05) is 45.0 Å². The van der Waals surface area contributed by atoms with Crippen LogP contribution in [0.25, 0.3) is 0 Å². The Morgan fingerprint density at radius 2 is 1.80 bits per heavy atom. The average molecular weight is 204 g/mol. The molecule has 0 aliphatic carbocycles. The highest BCUT2D eigenvalue weighted by Crippen LogP contribution is 2.07. The topological polar surface area (TPSA) is 41.1 Å². The van der Waals surface area contributed by atoms with Crippen molar-refractivity contribution in [3.8, 4) is 0 Å². The van der Waals surface area contributed by atoms with Crippen molar-refractivity contribution in [2.45, 2.75) is 20.8 Å². The van der Waals surface area contributed by atoms with Crippen molar-refractivity contribution in [2.75, 3.05) is 5.32 Å². The van der Waals surface area contributed by atoms with Gasteiger partial charge in [-0.05, 0) is 32.9 Å². The molecule has 0 aliphatic heterocycles. The summed E-state index contributed by atoms with van der Waals surface area (Å²) < 4.78 is 0. The third-order valence-electron chi connectivity index (χ3n) is 1.80. The predicted octanol–water partition coefficient (Wildman–Crippen LogP) is 3.04. The first-order valence-corrected chi connectivity index (χ1v) is 4.85. The van der Waals surface area contributed by atoms with E-state index in [1.54, 1.807) is 6.20 Å². The van der Waals surface area contributed by atoms with Gasteiger partial charge in [0.1, 0.15) is 0 Å². The summed E-state index contributed by atoms with van der Waals surface area (Å²) in [5.41, 5.74) is 3.01. The molecule has 3 heteroatoms. The summed E-state index contributed by atoms with van der Waals surface area (Å²) in [6, 6.07) is 7.43. The van der Waals surface area contributed by atoms with E-state index in [1.165, 1.54) is 5.56 Å². The van der Waals surface area contributed by atoms with E-state index in [9.17, 15) is 4.79 Å². The van der Waals surface area contributed by atoms with E-state index in [-0.39, 0.29) is 6.03 Å². The second-order valence-corrected chi connectivity index (χ2v) is 3.69. The number of aryl methyl sites for hydroxylation is 1. The van der Waals surface area contributed by atoms with Crippen molar-refractivity contribution in [1.29, 1.82) is 0 Å². The molecule has 0 aromatic heterocycles. The van der Waals surface area contributed by atoms with Crippen LogP contribution in [0.1, 0.15) is 19.4 Å². The maximum Gasteiger partial charge on any atom is 0.323 e. The average Bonchev–Trinajstić information content (AvgIpc) is 2.19. The van der Waals surface area contributed by atoms with Crippen molar-refractivity contribution in [3.05, 3.63) is 41.6 Å². The van der Waals surface area contributed by atoms with E-state index in [2.05, 4.69) is 10.6 Å². The van der Waals surface area contributed by atoms with Gasteiger partial charge in [-0.3, -0.25) is 0 Å². The molecule has 0 saturated carbocycles. The Bertz CT molecular complexity index is 362. The van der Waals surface area contributed by atoms with Crippen molar-refractivity contribution in [2.24, 2.45) is 0 Å². The molecule has 2 amide bonds. The van der Waals surface area contributed by atoms with Gasteiger partial charge in [-0.1, -0.05) is 23.3 Å². The molecule has 80 valence electrons. The lowest BCUT2D eigenvalue weighted by molar-refractivity contribution is 0.255. The zero-order valence-corrected chi connectivity index (χ0v) is 9.29. The van der Waals surface area contributed by atoms with E-state index in [0.29, 0.717) is 0 Å².